The number of ether oxygens (including phenoxy) is 1. The van der Waals surface area contributed by atoms with Crippen LogP contribution in [-0.2, 0) is 4.79 Å². The summed E-state index contributed by atoms with van der Waals surface area (Å²) >= 11 is 0. The smallest absolute Gasteiger partial charge is 0.260 e. The van der Waals surface area contributed by atoms with E-state index in [4.69, 9.17) is 4.74 Å². The highest BCUT2D eigenvalue weighted by Crippen LogP contribution is 2.29. The van der Waals surface area contributed by atoms with Crippen LogP contribution in [0.1, 0.15) is 32.1 Å². The number of para-hydroxylation sites is 1. The molecule has 0 radical (unpaired) electrons. The zero-order valence-electron chi connectivity index (χ0n) is 13.2. The van der Waals surface area contributed by atoms with Crippen molar-refractivity contribution in [1.29, 1.82) is 0 Å². The molecular weight excluding hydrogens is 276 g/mol. The number of amides is 1. The summed E-state index contributed by atoms with van der Waals surface area (Å²) in [5.41, 5.74) is 0. The van der Waals surface area contributed by atoms with Crippen LogP contribution in [-0.4, -0.2) is 43.1 Å². The lowest BCUT2D eigenvalue weighted by molar-refractivity contribution is -0.138. The average Bonchev–Trinajstić information content (AvgIpc) is 2.61. The Hall–Kier alpha value is -1.55. The largest absolute Gasteiger partial charge is 0.484 e. The van der Waals surface area contributed by atoms with Gasteiger partial charge >= 0.3 is 0 Å². The Labute approximate surface area is 132 Å². The van der Waals surface area contributed by atoms with Crippen molar-refractivity contribution in [2.45, 2.75) is 38.1 Å². The zero-order valence-corrected chi connectivity index (χ0v) is 13.2. The van der Waals surface area contributed by atoms with Crippen LogP contribution in [0.15, 0.2) is 30.3 Å². The maximum Gasteiger partial charge on any atom is 0.260 e. The topological polar surface area (TPSA) is 41.6 Å². The molecule has 0 saturated carbocycles. The van der Waals surface area contributed by atoms with Crippen LogP contribution in [0.25, 0.3) is 0 Å². The molecule has 0 unspecified atom stereocenters. The predicted octanol–water partition coefficient (Wildman–Crippen LogP) is 2.45. The molecule has 3 rings (SSSR count). The van der Waals surface area contributed by atoms with Crippen molar-refractivity contribution in [2.75, 3.05) is 26.2 Å². The summed E-state index contributed by atoms with van der Waals surface area (Å²) < 4.78 is 5.65. The number of carbonyl (C=O) groups excluding carboxylic acids is 1. The molecule has 2 heterocycles. The van der Waals surface area contributed by atoms with Crippen molar-refractivity contribution in [3.05, 3.63) is 30.3 Å². The average molecular weight is 302 g/mol. The summed E-state index contributed by atoms with van der Waals surface area (Å²) in [5, 5.41) is 3.42. The quantitative estimate of drug-likeness (QED) is 0.929. The van der Waals surface area contributed by atoms with Crippen LogP contribution in [0, 0.1) is 5.92 Å². The second-order valence-electron chi connectivity index (χ2n) is 6.34. The molecule has 0 aliphatic carbocycles. The lowest BCUT2D eigenvalue weighted by Gasteiger charge is -2.42. The van der Waals surface area contributed by atoms with Crippen LogP contribution in [0.3, 0.4) is 0 Å². The summed E-state index contributed by atoms with van der Waals surface area (Å²) in [5.74, 6) is 1.57. The van der Waals surface area contributed by atoms with Crippen molar-refractivity contribution in [2.24, 2.45) is 5.92 Å². The van der Waals surface area contributed by atoms with Gasteiger partial charge in [0.1, 0.15) is 5.75 Å². The molecular formula is C18H26N2O2. The van der Waals surface area contributed by atoms with E-state index in [9.17, 15) is 4.79 Å². The van der Waals surface area contributed by atoms with Crippen LogP contribution in [0.2, 0.25) is 0 Å². The summed E-state index contributed by atoms with van der Waals surface area (Å²) in [6.07, 6.45) is 5.90. The van der Waals surface area contributed by atoms with Gasteiger partial charge in [-0.2, -0.15) is 0 Å². The van der Waals surface area contributed by atoms with E-state index in [1.807, 2.05) is 30.3 Å². The highest BCUT2D eigenvalue weighted by atomic mass is 16.5. The van der Waals surface area contributed by atoms with E-state index in [1.165, 1.54) is 19.3 Å². The number of nitrogens with zero attached hydrogens (tertiary/aromatic N) is 1. The first-order valence-corrected chi connectivity index (χ1v) is 8.52. The lowest BCUT2D eigenvalue weighted by atomic mass is 9.84. The molecule has 0 spiro atoms. The second kappa shape index (κ2) is 7.63. The van der Waals surface area contributed by atoms with Gasteiger partial charge in [0.25, 0.3) is 5.91 Å². The van der Waals surface area contributed by atoms with Gasteiger partial charge in [-0.15, -0.1) is 0 Å². The van der Waals surface area contributed by atoms with Crippen molar-refractivity contribution in [1.82, 2.24) is 10.2 Å². The van der Waals surface area contributed by atoms with Crippen LogP contribution < -0.4 is 10.1 Å². The Morgan fingerprint density at radius 2 is 1.91 bits per heavy atom. The fourth-order valence-corrected chi connectivity index (χ4v) is 3.73. The number of likely N-dealkylation sites (tertiary alicyclic amines) is 1. The van der Waals surface area contributed by atoms with Crippen molar-refractivity contribution in [3.63, 3.8) is 0 Å². The molecule has 2 aliphatic heterocycles. The molecule has 2 aliphatic rings. The van der Waals surface area contributed by atoms with E-state index in [1.54, 1.807) is 0 Å². The van der Waals surface area contributed by atoms with Gasteiger partial charge in [0.05, 0.1) is 0 Å². The number of nitrogens with one attached hydrogen (secondary N) is 1. The maximum atomic E-state index is 12.6. The predicted molar refractivity (Wildman–Crippen MR) is 86.9 cm³/mol. The molecule has 4 nitrogen and oxygen atoms in total. The first kappa shape index (κ1) is 15.3. The SMILES string of the molecule is O=C(COc1ccccc1)N1CCCC[C@H]1C1CCNCC1. The Morgan fingerprint density at radius 1 is 1.14 bits per heavy atom. The van der Waals surface area contributed by atoms with Crippen LogP contribution in [0.5, 0.6) is 5.75 Å². The van der Waals surface area contributed by atoms with Crippen molar-refractivity contribution in [3.8, 4) is 5.75 Å². The maximum absolute atomic E-state index is 12.6. The molecule has 120 valence electrons. The Kier molecular flexibility index (Phi) is 5.33. The molecule has 1 N–H and O–H groups in total. The van der Waals surface area contributed by atoms with E-state index < -0.39 is 0 Å². The fourth-order valence-electron chi connectivity index (χ4n) is 3.73. The van der Waals surface area contributed by atoms with E-state index in [2.05, 4.69) is 10.2 Å². The van der Waals surface area contributed by atoms with Crippen LogP contribution in [0.4, 0.5) is 0 Å². The standard InChI is InChI=1S/C18H26N2O2/c21-18(14-22-16-6-2-1-3-7-16)20-13-5-4-8-17(20)15-9-11-19-12-10-15/h1-3,6-7,15,17,19H,4-5,8-14H2/t17-/m0/s1. The normalized spacial score (nSPS) is 23.3. The summed E-state index contributed by atoms with van der Waals surface area (Å²) in [4.78, 5) is 14.7. The highest BCUT2D eigenvalue weighted by Gasteiger charge is 2.33. The molecule has 1 aromatic rings. The molecule has 0 aromatic heterocycles. The summed E-state index contributed by atoms with van der Waals surface area (Å²) in [6.45, 7) is 3.23. The van der Waals surface area contributed by atoms with E-state index >= 15 is 0 Å². The molecule has 22 heavy (non-hydrogen) atoms. The molecule has 1 amide bonds. The molecule has 4 heteroatoms. The minimum Gasteiger partial charge on any atom is -0.484 e. The lowest BCUT2D eigenvalue weighted by Crippen LogP contribution is -2.51. The monoisotopic (exact) mass is 302 g/mol. The number of benzene rings is 1. The number of hydrogen-bond acceptors (Lipinski definition) is 3. The van der Waals surface area contributed by atoms with Gasteiger partial charge in [-0.1, -0.05) is 18.2 Å². The van der Waals surface area contributed by atoms with Crippen LogP contribution >= 0.6 is 0 Å². The van der Waals surface area contributed by atoms with Gasteiger partial charge in [-0.25, -0.2) is 0 Å². The minimum atomic E-state index is 0.145. The third kappa shape index (κ3) is 3.80. The second-order valence-corrected chi connectivity index (χ2v) is 6.34. The Bertz CT molecular complexity index is 471. The zero-order chi connectivity index (χ0) is 15.2. The first-order valence-electron chi connectivity index (χ1n) is 8.52. The Balaban J connectivity index is 1.58. The molecule has 1 atom stereocenters. The summed E-state index contributed by atoms with van der Waals surface area (Å²) in [7, 11) is 0. The minimum absolute atomic E-state index is 0.145. The van der Waals surface area contributed by atoms with Gasteiger partial charge in [0, 0.05) is 12.6 Å². The van der Waals surface area contributed by atoms with Gasteiger partial charge in [0.15, 0.2) is 6.61 Å². The summed E-state index contributed by atoms with van der Waals surface area (Å²) in [6, 6.07) is 10.0. The first-order chi connectivity index (χ1) is 10.8. The van der Waals surface area contributed by atoms with Gasteiger partial charge in [0.2, 0.25) is 0 Å². The number of carbonyl (C=O) groups is 1. The van der Waals surface area contributed by atoms with Gasteiger partial charge in [-0.05, 0) is 63.2 Å². The highest BCUT2D eigenvalue weighted by molar-refractivity contribution is 5.78. The van der Waals surface area contributed by atoms with Crippen molar-refractivity contribution >= 4 is 5.91 Å². The third-order valence-electron chi connectivity index (χ3n) is 4.90. The van der Waals surface area contributed by atoms with Gasteiger partial charge < -0.3 is 15.0 Å². The molecule has 2 fully saturated rings. The molecule has 0 bridgehead atoms. The third-order valence-corrected chi connectivity index (χ3v) is 4.90. The van der Waals surface area contributed by atoms with E-state index in [-0.39, 0.29) is 12.5 Å². The number of rotatable bonds is 4. The Morgan fingerprint density at radius 3 is 2.68 bits per heavy atom. The number of hydrogen-bond donors (Lipinski definition) is 1. The van der Waals surface area contributed by atoms with E-state index in [0.717, 1.165) is 38.2 Å². The van der Waals surface area contributed by atoms with E-state index in [0.29, 0.717) is 12.0 Å². The van der Waals surface area contributed by atoms with Gasteiger partial charge in [-0.3, -0.25) is 4.79 Å². The molecule has 1 aromatic carbocycles. The number of piperidine rings is 2. The fraction of sp³-hybridized carbons (Fsp3) is 0.611. The molecule has 2 saturated heterocycles. The van der Waals surface area contributed by atoms with Crippen molar-refractivity contribution < 1.29 is 9.53 Å².